The SMILES string of the molecule is CN1CN(C2CCCCNC2)N=C1Cl. The maximum atomic E-state index is 5.93. The molecule has 0 radical (unpaired) electrons. The largest absolute Gasteiger partial charge is 0.330 e. The molecule has 14 heavy (non-hydrogen) atoms. The molecule has 0 saturated carbocycles. The summed E-state index contributed by atoms with van der Waals surface area (Å²) in [6.07, 6.45) is 3.77. The molecule has 1 N–H and O–H groups in total. The lowest BCUT2D eigenvalue weighted by atomic mass is 10.1. The van der Waals surface area contributed by atoms with Crippen LogP contribution in [0.25, 0.3) is 0 Å². The van der Waals surface area contributed by atoms with Crippen molar-refractivity contribution >= 4 is 16.9 Å². The Hall–Kier alpha value is -0.480. The van der Waals surface area contributed by atoms with Crippen LogP contribution >= 0.6 is 11.6 Å². The lowest BCUT2D eigenvalue weighted by Crippen LogP contribution is -2.39. The minimum atomic E-state index is 0.510. The van der Waals surface area contributed by atoms with Crippen LogP contribution in [0.2, 0.25) is 0 Å². The fourth-order valence-electron chi connectivity index (χ4n) is 1.94. The van der Waals surface area contributed by atoms with E-state index in [1.165, 1.54) is 19.3 Å². The summed E-state index contributed by atoms with van der Waals surface area (Å²) in [5, 5.41) is 10.5. The molecular formula is C9H17ClN4. The summed E-state index contributed by atoms with van der Waals surface area (Å²) in [4.78, 5) is 1.96. The lowest BCUT2D eigenvalue weighted by Gasteiger charge is -2.25. The molecule has 1 unspecified atom stereocenters. The van der Waals surface area contributed by atoms with Crippen molar-refractivity contribution in [3.8, 4) is 0 Å². The summed E-state index contributed by atoms with van der Waals surface area (Å²) >= 11 is 5.93. The van der Waals surface area contributed by atoms with E-state index < -0.39 is 0 Å². The van der Waals surface area contributed by atoms with Crippen LogP contribution in [0.4, 0.5) is 0 Å². The summed E-state index contributed by atoms with van der Waals surface area (Å²) in [5.74, 6) is 0. The van der Waals surface area contributed by atoms with Gasteiger partial charge in [-0.05, 0) is 31.0 Å². The van der Waals surface area contributed by atoms with Gasteiger partial charge in [-0.2, -0.15) is 0 Å². The quantitative estimate of drug-likeness (QED) is 0.660. The van der Waals surface area contributed by atoms with E-state index in [-0.39, 0.29) is 0 Å². The van der Waals surface area contributed by atoms with E-state index in [1.54, 1.807) is 0 Å². The van der Waals surface area contributed by atoms with Gasteiger partial charge < -0.3 is 10.2 Å². The van der Waals surface area contributed by atoms with Crippen molar-refractivity contribution < 1.29 is 0 Å². The standard InChI is InChI=1S/C9H17ClN4/c1-13-7-14(12-9(13)10)8-4-2-3-5-11-6-8/h8,11H,2-7H2,1H3. The molecule has 2 aliphatic heterocycles. The third kappa shape index (κ3) is 2.12. The van der Waals surface area contributed by atoms with E-state index in [0.29, 0.717) is 11.3 Å². The van der Waals surface area contributed by atoms with E-state index in [2.05, 4.69) is 15.4 Å². The topological polar surface area (TPSA) is 30.9 Å². The van der Waals surface area contributed by atoms with Crippen LogP contribution in [-0.2, 0) is 0 Å². The van der Waals surface area contributed by atoms with Crippen molar-refractivity contribution in [3.63, 3.8) is 0 Å². The van der Waals surface area contributed by atoms with E-state index >= 15 is 0 Å². The number of hydrogen-bond acceptors (Lipinski definition) is 4. The van der Waals surface area contributed by atoms with Crippen molar-refractivity contribution in [1.29, 1.82) is 0 Å². The highest BCUT2D eigenvalue weighted by molar-refractivity contribution is 6.64. The Morgan fingerprint density at radius 2 is 2.36 bits per heavy atom. The summed E-state index contributed by atoms with van der Waals surface area (Å²) in [5.41, 5.74) is 0. The Bertz CT molecular complexity index is 223. The first-order chi connectivity index (χ1) is 6.77. The molecule has 80 valence electrons. The van der Waals surface area contributed by atoms with Crippen LogP contribution in [0.15, 0.2) is 5.10 Å². The number of hydrazone groups is 1. The Labute approximate surface area is 89.9 Å². The van der Waals surface area contributed by atoms with Crippen molar-refractivity contribution in [2.75, 3.05) is 26.8 Å². The molecule has 5 heteroatoms. The third-order valence-electron chi connectivity index (χ3n) is 2.83. The zero-order valence-electron chi connectivity index (χ0n) is 8.54. The number of hydrogen-bond donors (Lipinski definition) is 1. The van der Waals surface area contributed by atoms with Gasteiger partial charge in [-0.3, -0.25) is 5.01 Å². The first kappa shape index (κ1) is 10.1. The lowest BCUT2D eigenvalue weighted by molar-refractivity contribution is 0.175. The van der Waals surface area contributed by atoms with Gasteiger partial charge in [0.25, 0.3) is 0 Å². The molecule has 1 fully saturated rings. The highest BCUT2D eigenvalue weighted by atomic mass is 35.5. The second kappa shape index (κ2) is 4.36. The van der Waals surface area contributed by atoms with Crippen molar-refractivity contribution in [1.82, 2.24) is 15.2 Å². The Morgan fingerprint density at radius 1 is 1.50 bits per heavy atom. The molecule has 0 aromatic rings. The van der Waals surface area contributed by atoms with Crippen LogP contribution in [0.3, 0.4) is 0 Å². The van der Waals surface area contributed by atoms with Crippen LogP contribution in [0, 0.1) is 0 Å². The average molecular weight is 217 g/mol. The maximum Gasteiger partial charge on any atom is 0.218 e. The zero-order valence-corrected chi connectivity index (χ0v) is 9.30. The Balaban J connectivity index is 1.94. The molecule has 4 nitrogen and oxygen atoms in total. The van der Waals surface area contributed by atoms with E-state index in [9.17, 15) is 0 Å². The van der Waals surface area contributed by atoms with Crippen molar-refractivity contribution in [2.24, 2.45) is 5.10 Å². The van der Waals surface area contributed by atoms with Crippen molar-refractivity contribution in [2.45, 2.75) is 25.3 Å². The van der Waals surface area contributed by atoms with Crippen LogP contribution in [0.1, 0.15) is 19.3 Å². The van der Waals surface area contributed by atoms with Crippen LogP contribution in [0.5, 0.6) is 0 Å². The molecule has 0 spiro atoms. The maximum absolute atomic E-state index is 5.93. The summed E-state index contributed by atoms with van der Waals surface area (Å²) in [6.45, 7) is 2.99. The van der Waals surface area contributed by atoms with Crippen LogP contribution in [-0.4, -0.2) is 48.1 Å². The molecule has 0 bridgehead atoms. The Kier molecular flexibility index (Phi) is 3.13. The molecule has 1 atom stereocenters. The van der Waals surface area contributed by atoms with Gasteiger partial charge in [-0.15, -0.1) is 5.10 Å². The van der Waals surface area contributed by atoms with E-state index in [1.807, 2.05) is 11.9 Å². The second-order valence-electron chi connectivity index (χ2n) is 4.00. The molecule has 0 aromatic heterocycles. The molecule has 1 saturated heterocycles. The fraction of sp³-hybridized carbons (Fsp3) is 0.889. The van der Waals surface area contributed by atoms with Gasteiger partial charge in [0, 0.05) is 13.6 Å². The highest BCUT2D eigenvalue weighted by Crippen LogP contribution is 2.17. The summed E-state index contributed by atoms with van der Waals surface area (Å²) in [7, 11) is 1.97. The van der Waals surface area contributed by atoms with Gasteiger partial charge in [-0.1, -0.05) is 6.42 Å². The van der Waals surface area contributed by atoms with Gasteiger partial charge in [0.1, 0.15) is 6.67 Å². The zero-order chi connectivity index (χ0) is 9.97. The first-order valence-corrected chi connectivity index (χ1v) is 5.58. The highest BCUT2D eigenvalue weighted by Gasteiger charge is 2.25. The predicted octanol–water partition coefficient (Wildman–Crippen LogP) is 0.843. The van der Waals surface area contributed by atoms with Crippen LogP contribution < -0.4 is 5.32 Å². The fourth-order valence-corrected chi connectivity index (χ4v) is 2.09. The summed E-state index contributed by atoms with van der Waals surface area (Å²) in [6, 6.07) is 0.510. The van der Waals surface area contributed by atoms with Gasteiger partial charge in [0.15, 0.2) is 0 Å². The van der Waals surface area contributed by atoms with Gasteiger partial charge >= 0.3 is 0 Å². The van der Waals surface area contributed by atoms with E-state index in [4.69, 9.17) is 11.6 Å². The molecule has 2 rings (SSSR count). The minimum absolute atomic E-state index is 0.510. The minimum Gasteiger partial charge on any atom is -0.330 e. The van der Waals surface area contributed by atoms with E-state index in [0.717, 1.165) is 19.8 Å². The number of amidine groups is 1. The monoisotopic (exact) mass is 216 g/mol. The van der Waals surface area contributed by atoms with Crippen molar-refractivity contribution in [3.05, 3.63) is 0 Å². The summed E-state index contributed by atoms with van der Waals surface area (Å²) < 4.78 is 0. The number of nitrogens with zero attached hydrogens (tertiary/aromatic N) is 3. The molecular weight excluding hydrogens is 200 g/mol. The number of nitrogens with one attached hydrogen (secondary N) is 1. The molecule has 0 aromatic carbocycles. The van der Waals surface area contributed by atoms with Gasteiger partial charge in [-0.25, -0.2) is 0 Å². The first-order valence-electron chi connectivity index (χ1n) is 5.20. The van der Waals surface area contributed by atoms with Gasteiger partial charge in [0.05, 0.1) is 6.04 Å². The number of halogens is 1. The third-order valence-corrected chi connectivity index (χ3v) is 3.19. The molecule has 2 heterocycles. The smallest absolute Gasteiger partial charge is 0.218 e. The number of rotatable bonds is 1. The normalized spacial score (nSPS) is 29.0. The average Bonchev–Trinajstić information content (AvgIpc) is 2.46. The molecule has 2 aliphatic rings. The van der Waals surface area contributed by atoms with Gasteiger partial charge in [0.2, 0.25) is 5.29 Å². The predicted molar refractivity (Wildman–Crippen MR) is 58.3 cm³/mol. The second-order valence-corrected chi connectivity index (χ2v) is 4.34. The Morgan fingerprint density at radius 3 is 3.07 bits per heavy atom. The molecule has 0 amide bonds. The molecule has 0 aliphatic carbocycles.